The molecular weight excluding hydrogens is 469 g/mol. The van der Waals surface area contributed by atoms with Gasteiger partial charge in [0.15, 0.2) is 0 Å². The Morgan fingerprint density at radius 2 is 1.73 bits per heavy atom. The molecule has 5 nitrogen and oxygen atoms in total. The first-order valence-electron chi connectivity index (χ1n) is 13.0. The largest absolute Gasteiger partial charge is 0.496 e. The minimum atomic E-state index is -0.292. The Hall–Kier alpha value is -3.67. The van der Waals surface area contributed by atoms with Crippen molar-refractivity contribution in [1.82, 2.24) is 4.90 Å². The van der Waals surface area contributed by atoms with E-state index in [-0.39, 0.29) is 36.0 Å². The molecule has 3 aromatic carbocycles. The molecule has 0 unspecified atom stereocenters. The molecule has 2 aliphatic rings. The van der Waals surface area contributed by atoms with Crippen molar-refractivity contribution in [3.05, 3.63) is 88.7 Å². The molecule has 5 rings (SSSR count). The molecule has 3 aromatic rings. The van der Waals surface area contributed by atoms with E-state index in [0.717, 1.165) is 28.7 Å². The molecular formula is C31H32FNO4. The van der Waals surface area contributed by atoms with Gasteiger partial charge in [0.05, 0.1) is 20.1 Å². The van der Waals surface area contributed by atoms with E-state index < -0.39 is 0 Å². The van der Waals surface area contributed by atoms with Gasteiger partial charge in [0, 0.05) is 24.6 Å². The molecule has 1 fully saturated rings. The lowest BCUT2D eigenvalue weighted by molar-refractivity contribution is -0.142. The highest BCUT2D eigenvalue weighted by Gasteiger charge is 2.45. The van der Waals surface area contributed by atoms with Crippen LogP contribution >= 0.6 is 0 Å². The van der Waals surface area contributed by atoms with Crippen molar-refractivity contribution in [2.24, 2.45) is 5.92 Å². The van der Waals surface area contributed by atoms with Crippen molar-refractivity contribution < 1.29 is 23.5 Å². The molecule has 0 N–H and O–H groups in total. The topological polar surface area (TPSA) is 55.8 Å². The molecule has 0 saturated heterocycles. The number of methoxy groups -OCH3 is 1. The molecule has 0 aromatic heterocycles. The average molecular weight is 502 g/mol. The van der Waals surface area contributed by atoms with E-state index in [2.05, 4.69) is 12.1 Å². The number of hydrogen-bond donors (Lipinski definition) is 0. The van der Waals surface area contributed by atoms with Crippen molar-refractivity contribution in [2.45, 2.75) is 38.5 Å². The van der Waals surface area contributed by atoms with E-state index in [1.807, 2.05) is 41.3 Å². The van der Waals surface area contributed by atoms with E-state index in [9.17, 15) is 9.59 Å². The summed E-state index contributed by atoms with van der Waals surface area (Å²) in [6.45, 7) is 3.16. The number of rotatable bonds is 7. The number of hydrogen-bond acceptors (Lipinski definition) is 4. The first-order valence-corrected chi connectivity index (χ1v) is 13.0. The molecule has 1 heterocycles. The highest BCUT2D eigenvalue weighted by molar-refractivity contribution is 5.83. The maximum Gasteiger partial charge on any atom is 0.310 e. The molecule has 2 atom stereocenters. The van der Waals surface area contributed by atoms with E-state index in [1.54, 1.807) is 20.1 Å². The molecule has 1 aliphatic heterocycles. The first kappa shape index (κ1) is 25.0. The minimum Gasteiger partial charge on any atom is -0.496 e. The predicted octanol–water partition coefficient (Wildman–Crippen LogP) is 5.34. The van der Waals surface area contributed by atoms with Crippen molar-refractivity contribution in [2.75, 3.05) is 26.8 Å². The van der Waals surface area contributed by atoms with Crippen LogP contribution in [-0.4, -0.2) is 43.6 Å². The van der Waals surface area contributed by atoms with E-state index in [4.69, 9.17) is 9.47 Å². The molecule has 6 heteroatoms. The van der Waals surface area contributed by atoms with Gasteiger partial charge in [-0.1, -0.05) is 42.5 Å². The summed E-state index contributed by atoms with van der Waals surface area (Å²) in [6, 6.07) is 19.1. The quantitative estimate of drug-likeness (QED) is 0.410. The summed E-state index contributed by atoms with van der Waals surface area (Å²) < 4.78 is 25.8. The number of esters is 1. The van der Waals surface area contributed by atoms with Gasteiger partial charge in [0.25, 0.3) is 0 Å². The van der Waals surface area contributed by atoms with Gasteiger partial charge in [-0.3, -0.25) is 9.59 Å². The second-order valence-electron chi connectivity index (χ2n) is 9.75. The van der Waals surface area contributed by atoms with Gasteiger partial charge in [-0.25, -0.2) is 4.39 Å². The van der Waals surface area contributed by atoms with E-state index >= 15 is 4.39 Å². The van der Waals surface area contributed by atoms with E-state index in [0.29, 0.717) is 43.9 Å². The Bertz CT molecular complexity index is 1310. The molecule has 0 spiro atoms. The summed E-state index contributed by atoms with van der Waals surface area (Å²) in [5, 5.41) is 0. The molecule has 192 valence electrons. The molecule has 1 saturated carbocycles. The third-order valence-electron chi connectivity index (χ3n) is 7.49. The van der Waals surface area contributed by atoms with Crippen LogP contribution in [0.1, 0.15) is 41.5 Å². The van der Waals surface area contributed by atoms with Crippen LogP contribution < -0.4 is 4.74 Å². The fourth-order valence-electron chi connectivity index (χ4n) is 5.52. The smallest absolute Gasteiger partial charge is 0.310 e. The molecule has 1 aliphatic carbocycles. The molecule has 37 heavy (non-hydrogen) atoms. The second kappa shape index (κ2) is 10.8. The number of fused-ring (bicyclic) bond motifs is 1. The van der Waals surface area contributed by atoms with Crippen LogP contribution in [-0.2, 0) is 33.6 Å². The van der Waals surface area contributed by atoms with Gasteiger partial charge in [0.2, 0.25) is 5.91 Å². The number of halogens is 1. The van der Waals surface area contributed by atoms with Crippen molar-refractivity contribution in [3.63, 3.8) is 0 Å². The number of benzene rings is 3. The standard InChI is InChI=1S/C31H32FNO4/c1-3-37-30(34)18-20-9-12-29(36-2)26(17-20)22-10-11-28(32)24-14-16-33(15-13-23(22)24)31(35)27-19-25(27)21-7-5-4-6-8-21/h4-12,17,25,27H,3,13-16,18-19H2,1-2H3/t25-,27+/m0/s1. The van der Waals surface area contributed by atoms with Gasteiger partial charge in [-0.2, -0.15) is 0 Å². The zero-order valence-electron chi connectivity index (χ0n) is 21.3. The fourth-order valence-corrected chi connectivity index (χ4v) is 5.52. The summed E-state index contributed by atoms with van der Waals surface area (Å²) in [5.41, 5.74) is 5.26. The number of ether oxygens (including phenoxy) is 2. The Labute approximate surface area is 217 Å². The molecule has 1 amide bonds. The highest BCUT2D eigenvalue weighted by Crippen LogP contribution is 2.48. The van der Waals surface area contributed by atoms with Crippen LogP contribution in [0.15, 0.2) is 60.7 Å². The van der Waals surface area contributed by atoms with Crippen molar-refractivity contribution >= 4 is 11.9 Å². The molecule has 0 bridgehead atoms. The van der Waals surface area contributed by atoms with Crippen molar-refractivity contribution in [1.29, 1.82) is 0 Å². The Morgan fingerprint density at radius 1 is 0.973 bits per heavy atom. The number of carbonyl (C=O) groups is 2. The second-order valence-corrected chi connectivity index (χ2v) is 9.75. The maximum absolute atomic E-state index is 15.1. The normalized spacial score (nSPS) is 18.5. The lowest BCUT2D eigenvalue weighted by Gasteiger charge is -2.20. The molecule has 0 radical (unpaired) electrons. The predicted molar refractivity (Wildman–Crippen MR) is 140 cm³/mol. The average Bonchev–Trinajstić information content (AvgIpc) is 3.73. The first-order chi connectivity index (χ1) is 18.0. The van der Waals surface area contributed by atoms with E-state index in [1.165, 1.54) is 11.6 Å². The number of nitrogens with zero attached hydrogens (tertiary/aromatic N) is 1. The van der Waals surface area contributed by atoms with Gasteiger partial charge in [-0.15, -0.1) is 0 Å². The lowest BCUT2D eigenvalue weighted by atomic mass is 9.90. The zero-order valence-corrected chi connectivity index (χ0v) is 21.3. The SMILES string of the molecule is CCOC(=O)Cc1ccc(OC)c(-c2ccc(F)c3c2CCN(C(=O)[C@@H]2C[C@H]2c2ccccc2)CC3)c1. The Morgan fingerprint density at radius 3 is 2.46 bits per heavy atom. The summed E-state index contributed by atoms with van der Waals surface area (Å²) in [7, 11) is 1.60. The van der Waals surface area contributed by atoms with Crippen LogP contribution in [0.3, 0.4) is 0 Å². The van der Waals surface area contributed by atoms with Gasteiger partial charge in [0.1, 0.15) is 11.6 Å². The lowest BCUT2D eigenvalue weighted by Crippen LogP contribution is -2.34. The third-order valence-corrected chi connectivity index (χ3v) is 7.49. The van der Waals surface area contributed by atoms with Crippen LogP contribution in [0.4, 0.5) is 4.39 Å². The van der Waals surface area contributed by atoms with Crippen LogP contribution in [0.5, 0.6) is 5.75 Å². The van der Waals surface area contributed by atoms with Crippen LogP contribution in [0.25, 0.3) is 11.1 Å². The zero-order chi connectivity index (χ0) is 25.9. The number of amides is 1. The monoisotopic (exact) mass is 501 g/mol. The Kier molecular flexibility index (Phi) is 7.26. The summed E-state index contributed by atoms with van der Waals surface area (Å²) in [6.07, 6.45) is 2.05. The van der Waals surface area contributed by atoms with Crippen molar-refractivity contribution in [3.8, 4) is 16.9 Å². The van der Waals surface area contributed by atoms with Crippen LogP contribution in [0, 0.1) is 11.7 Å². The summed E-state index contributed by atoms with van der Waals surface area (Å²) in [5.74, 6) is 0.563. The maximum atomic E-state index is 15.1. The number of carbonyl (C=O) groups excluding carboxylic acids is 2. The van der Waals surface area contributed by atoms with Crippen LogP contribution in [0.2, 0.25) is 0 Å². The minimum absolute atomic E-state index is 0.00702. The van der Waals surface area contributed by atoms with Gasteiger partial charge >= 0.3 is 5.97 Å². The highest BCUT2D eigenvalue weighted by atomic mass is 19.1. The summed E-state index contributed by atoms with van der Waals surface area (Å²) in [4.78, 5) is 27.3. The Balaban J connectivity index is 1.39. The fraction of sp³-hybridized carbons (Fsp3) is 0.355. The van der Waals surface area contributed by atoms with Gasteiger partial charge in [-0.05, 0) is 78.1 Å². The third kappa shape index (κ3) is 5.24. The van der Waals surface area contributed by atoms with Gasteiger partial charge < -0.3 is 14.4 Å². The summed E-state index contributed by atoms with van der Waals surface area (Å²) >= 11 is 0.